The van der Waals surface area contributed by atoms with E-state index < -0.39 is 5.97 Å². The first-order valence-corrected chi connectivity index (χ1v) is 6.00. The van der Waals surface area contributed by atoms with Crippen LogP contribution in [0.4, 0.5) is 5.69 Å². The molecule has 0 saturated heterocycles. The van der Waals surface area contributed by atoms with E-state index in [1.54, 1.807) is 23.1 Å². The number of nitrogens with zero attached hydrogens (tertiary/aromatic N) is 1. The quantitative estimate of drug-likeness (QED) is 0.467. The molecule has 0 N–H and O–H groups in total. The van der Waals surface area contributed by atoms with Crippen LogP contribution in [0, 0.1) is 0 Å². The van der Waals surface area contributed by atoms with E-state index in [0.717, 1.165) is 0 Å². The average Bonchev–Trinajstić information content (AvgIpc) is 2.36. The number of rotatable bonds is 4. The van der Waals surface area contributed by atoms with Gasteiger partial charge in [-0.05, 0) is 12.1 Å². The summed E-state index contributed by atoms with van der Waals surface area (Å²) in [6.45, 7) is 0.205. The molecule has 0 aromatic heterocycles. The summed E-state index contributed by atoms with van der Waals surface area (Å²) in [6, 6.07) is 7.05. The normalized spacial score (nSPS) is 13.8. The van der Waals surface area contributed by atoms with Crippen LogP contribution >= 0.6 is 11.6 Å². The minimum Gasteiger partial charge on any atom is -0.463 e. The highest BCUT2D eigenvalue weighted by atomic mass is 35.5. The van der Waals surface area contributed by atoms with Gasteiger partial charge < -0.3 is 14.4 Å². The van der Waals surface area contributed by atoms with E-state index in [1.807, 2.05) is 6.07 Å². The van der Waals surface area contributed by atoms with Gasteiger partial charge in [0.25, 0.3) is 0 Å². The Morgan fingerprint density at radius 1 is 1.44 bits per heavy atom. The van der Waals surface area contributed by atoms with Crippen LogP contribution in [-0.4, -0.2) is 37.5 Å². The first kappa shape index (κ1) is 12.7. The number of esters is 2. The highest BCUT2D eigenvalue weighted by Gasteiger charge is 2.25. The first-order chi connectivity index (χ1) is 8.70. The van der Waals surface area contributed by atoms with E-state index in [-0.39, 0.29) is 31.5 Å². The zero-order chi connectivity index (χ0) is 13.0. The number of carbonyl (C=O) groups is 2. The molecule has 1 heterocycles. The summed E-state index contributed by atoms with van der Waals surface area (Å²) in [7, 11) is 0. The Labute approximate surface area is 109 Å². The third-order valence-corrected chi connectivity index (χ3v) is 2.56. The van der Waals surface area contributed by atoms with E-state index >= 15 is 0 Å². The molecule has 0 fully saturated rings. The van der Waals surface area contributed by atoms with Crippen LogP contribution in [0.5, 0.6) is 5.75 Å². The molecule has 1 aliphatic rings. The Morgan fingerprint density at radius 2 is 2.22 bits per heavy atom. The van der Waals surface area contributed by atoms with Gasteiger partial charge in [-0.25, -0.2) is 4.79 Å². The van der Waals surface area contributed by atoms with Crippen LogP contribution < -0.4 is 9.64 Å². The van der Waals surface area contributed by atoms with E-state index in [1.165, 1.54) is 0 Å². The van der Waals surface area contributed by atoms with Gasteiger partial charge >= 0.3 is 11.9 Å². The minimum absolute atomic E-state index is 0.00298. The highest BCUT2D eigenvalue weighted by Crippen LogP contribution is 2.30. The Hall–Kier alpha value is -1.75. The van der Waals surface area contributed by atoms with Crippen molar-refractivity contribution in [3.63, 3.8) is 0 Å². The molecular formula is C12H12ClNO4. The number of benzene rings is 1. The van der Waals surface area contributed by atoms with Gasteiger partial charge in [0.15, 0.2) is 5.75 Å². The molecule has 0 saturated carbocycles. The predicted molar refractivity (Wildman–Crippen MR) is 66.0 cm³/mol. The number of para-hydroxylation sites is 2. The molecular weight excluding hydrogens is 258 g/mol. The Balaban J connectivity index is 2.09. The number of fused-ring (bicyclic) bond motifs is 1. The molecule has 0 unspecified atom stereocenters. The summed E-state index contributed by atoms with van der Waals surface area (Å²) in [5.41, 5.74) is 0.708. The molecule has 1 aromatic carbocycles. The fraction of sp³-hybridized carbons (Fsp3) is 0.333. The van der Waals surface area contributed by atoms with Crippen molar-refractivity contribution in [3.8, 4) is 5.75 Å². The van der Waals surface area contributed by atoms with Gasteiger partial charge in [-0.3, -0.25) is 4.79 Å². The SMILES string of the molecule is O=C(CN1CC(=O)Oc2ccccc21)OCCCl. The number of carbonyl (C=O) groups excluding carboxylic acids is 2. The van der Waals surface area contributed by atoms with Crippen molar-refractivity contribution in [2.24, 2.45) is 0 Å². The monoisotopic (exact) mass is 269 g/mol. The minimum atomic E-state index is -0.417. The summed E-state index contributed by atoms with van der Waals surface area (Å²) in [6.07, 6.45) is 0. The second-order valence-electron chi connectivity index (χ2n) is 3.71. The summed E-state index contributed by atoms with van der Waals surface area (Å²) in [5, 5.41) is 0. The maximum atomic E-state index is 11.5. The van der Waals surface area contributed by atoms with Gasteiger partial charge in [0.2, 0.25) is 0 Å². The molecule has 5 nitrogen and oxygen atoms in total. The lowest BCUT2D eigenvalue weighted by Crippen LogP contribution is -2.40. The molecule has 2 rings (SSSR count). The first-order valence-electron chi connectivity index (χ1n) is 5.47. The number of hydrogen-bond donors (Lipinski definition) is 0. The van der Waals surface area contributed by atoms with Crippen molar-refractivity contribution in [2.45, 2.75) is 0 Å². The van der Waals surface area contributed by atoms with Crippen LogP contribution in [0.1, 0.15) is 0 Å². The van der Waals surface area contributed by atoms with Crippen LogP contribution in [0.2, 0.25) is 0 Å². The van der Waals surface area contributed by atoms with Crippen molar-refractivity contribution < 1.29 is 19.1 Å². The van der Waals surface area contributed by atoms with Crippen molar-refractivity contribution in [2.75, 3.05) is 30.5 Å². The second-order valence-corrected chi connectivity index (χ2v) is 4.09. The van der Waals surface area contributed by atoms with Gasteiger partial charge in [0.1, 0.15) is 19.7 Å². The van der Waals surface area contributed by atoms with Gasteiger partial charge in [0.05, 0.1) is 11.6 Å². The maximum absolute atomic E-state index is 11.5. The lowest BCUT2D eigenvalue weighted by Gasteiger charge is -2.28. The molecule has 6 heteroatoms. The molecule has 0 aliphatic carbocycles. The predicted octanol–water partition coefficient (Wildman–Crippen LogP) is 1.19. The lowest BCUT2D eigenvalue weighted by molar-refractivity contribution is -0.141. The number of halogens is 1. The zero-order valence-corrected chi connectivity index (χ0v) is 10.4. The highest BCUT2D eigenvalue weighted by molar-refractivity contribution is 6.18. The molecule has 0 amide bonds. The molecule has 0 spiro atoms. The van der Waals surface area contributed by atoms with E-state index in [4.69, 9.17) is 21.1 Å². The smallest absolute Gasteiger partial charge is 0.331 e. The summed E-state index contributed by atoms with van der Waals surface area (Å²) in [5.74, 6) is -0.0948. The molecule has 0 bridgehead atoms. The zero-order valence-electron chi connectivity index (χ0n) is 9.60. The van der Waals surface area contributed by atoms with E-state index in [2.05, 4.69) is 0 Å². The summed E-state index contributed by atoms with van der Waals surface area (Å²) in [4.78, 5) is 24.5. The van der Waals surface area contributed by atoms with Crippen LogP contribution in [0.3, 0.4) is 0 Å². The lowest BCUT2D eigenvalue weighted by atomic mass is 10.2. The van der Waals surface area contributed by atoms with Crippen molar-refractivity contribution in [1.82, 2.24) is 0 Å². The molecule has 18 heavy (non-hydrogen) atoms. The third kappa shape index (κ3) is 2.92. The van der Waals surface area contributed by atoms with E-state index in [0.29, 0.717) is 11.4 Å². The third-order valence-electron chi connectivity index (χ3n) is 2.41. The van der Waals surface area contributed by atoms with Gasteiger partial charge in [0, 0.05) is 0 Å². The summed E-state index contributed by atoms with van der Waals surface area (Å²) < 4.78 is 9.95. The fourth-order valence-corrected chi connectivity index (χ4v) is 1.77. The second kappa shape index (κ2) is 5.73. The van der Waals surface area contributed by atoms with Crippen LogP contribution in [-0.2, 0) is 14.3 Å². The fourth-order valence-electron chi connectivity index (χ4n) is 1.70. The largest absolute Gasteiger partial charge is 0.463 e. The Morgan fingerprint density at radius 3 is 3.00 bits per heavy atom. The van der Waals surface area contributed by atoms with Crippen molar-refractivity contribution >= 4 is 29.2 Å². The number of ether oxygens (including phenoxy) is 2. The Kier molecular flexibility index (Phi) is 4.04. The Bertz CT molecular complexity index is 463. The van der Waals surface area contributed by atoms with Crippen molar-refractivity contribution in [1.29, 1.82) is 0 Å². The topological polar surface area (TPSA) is 55.8 Å². The number of anilines is 1. The number of hydrogen-bond acceptors (Lipinski definition) is 5. The molecule has 1 aromatic rings. The van der Waals surface area contributed by atoms with Gasteiger partial charge in [-0.2, -0.15) is 0 Å². The van der Waals surface area contributed by atoms with Crippen LogP contribution in [0.15, 0.2) is 24.3 Å². The van der Waals surface area contributed by atoms with Crippen molar-refractivity contribution in [3.05, 3.63) is 24.3 Å². The molecule has 1 aliphatic heterocycles. The van der Waals surface area contributed by atoms with Crippen LogP contribution in [0.25, 0.3) is 0 Å². The molecule has 0 atom stereocenters. The van der Waals surface area contributed by atoms with Gasteiger partial charge in [-0.1, -0.05) is 12.1 Å². The molecule has 0 radical (unpaired) electrons. The summed E-state index contributed by atoms with van der Waals surface area (Å²) >= 11 is 5.43. The molecule has 96 valence electrons. The van der Waals surface area contributed by atoms with E-state index in [9.17, 15) is 9.59 Å². The maximum Gasteiger partial charge on any atom is 0.331 e. The number of alkyl halides is 1. The van der Waals surface area contributed by atoms with Gasteiger partial charge in [-0.15, -0.1) is 11.6 Å². The standard InChI is InChI=1S/C12H12ClNO4/c13-5-6-17-11(15)7-14-8-12(16)18-10-4-2-1-3-9(10)14/h1-4H,5-8H2. The average molecular weight is 270 g/mol.